The van der Waals surface area contributed by atoms with Crippen molar-refractivity contribution in [1.29, 1.82) is 0 Å². The summed E-state index contributed by atoms with van der Waals surface area (Å²) in [5.41, 5.74) is 7.90. The van der Waals surface area contributed by atoms with Crippen LogP contribution in [0.5, 0.6) is 0 Å². The van der Waals surface area contributed by atoms with E-state index in [-0.39, 0.29) is 18.3 Å². The number of amidine groups is 1. The molecule has 1 amide bonds. The standard InChI is InChI=1S/C29H31N3O3S/c1-5-24-26(28(34)35-4)27(23-14-18(2)10-11-19(23)3)32-22(17-36-29(32)30-24)15-25(33)31-13-12-20-8-6-7-9-21(20)16-31/h6-11,14,17,27H,5,12-13,15-16H2,1-4H3. The lowest BCUT2D eigenvalue weighted by Gasteiger charge is -2.38. The second-order valence-corrected chi connectivity index (χ2v) is 10.3. The van der Waals surface area contributed by atoms with Gasteiger partial charge in [0.15, 0.2) is 5.17 Å². The molecule has 2 aromatic carbocycles. The summed E-state index contributed by atoms with van der Waals surface area (Å²) in [6.07, 6.45) is 1.74. The Labute approximate surface area is 216 Å². The number of methoxy groups -OCH3 is 1. The van der Waals surface area contributed by atoms with Crippen LogP contribution in [-0.2, 0) is 27.3 Å². The van der Waals surface area contributed by atoms with Crippen molar-refractivity contribution >= 4 is 28.8 Å². The summed E-state index contributed by atoms with van der Waals surface area (Å²) in [5.74, 6) is -0.294. The Morgan fingerprint density at radius 2 is 1.92 bits per heavy atom. The van der Waals surface area contributed by atoms with Crippen molar-refractivity contribution in [3.63, 3.8) is 0 Å². The van der Waals surface area contributed by atoms with E-state index in [1.807, 2.05) is 23.3 Å². The van der Waals surface area contributed by atoms with E-state index in [1.165, 1.54) is 30.0 Å². The van der Waals surface area contributed by atoms with Crippen LogP contribution in [0.25, 0.3) is 0 Å². The fourth-order valence-electron chi connectivity index (χ4n) is 5.24. The predicted molar refractivity (Wildman–Crippen MR) is 143 cm³/mol. The lowest BCUT2D eigenvalue weighted by Crippen LogP contribution is -2.40. The molecular formula is C29H31N3O3S. The Morgan fingerprint density at radius 3 is 2.67 bits per heavy atom. The SMILES string of the molecule is CCC1=C(C(=O)OC)C(c2cc(C)ccc2C)N2C(CC(=O)N3CCc4ccccc4C3)=CSC2=N1. The average Bonchev–Trinajstić information content (AvgIpc) is 3.30. The van der Waals surface area contributed by atoms with Crippen LogP contribution in [0.2, 0.25) is 0 Å². The Morgan fingerprint density at radius 1 is 1.14 bits per heavy atom. The van der Waals surface area contributed by atoms with Crippen LogP contribution in [0.4, 0.5) is 0 Å². The van der Waals surface area contributed by atoms with E-state index in [9.17, 15) is 9.59 Å². The highest BCUT2D eigenvalue weighted by Gasteiger charge is 2.42. The van der Waals surface area contributed by atoms with E-state index in [2.05, 4.69) is 55.1 Å². The van der Waals surface area contributed by atoms with Gasteiger partial charge in [0.1, 0.15) is 0 Å². The van der Waals surface area contributed by atoms with Gasteiger partial charge in [-0.25, -0.2) is 9.79 Å². The number of rotatable bonds is 5. The molecule has 0 bridgehead atoms. The molecule has 6 nitrogen and oxygen atoms in total. The van der Waals surface area contributed by atoms with E-state index in [0.29, 0.717) is 25.1 Å². The van der Waals surface area contributed by atoms with Crippen molar-refractivity contribution in [3.8, 4) is 0 Å². The maximum atomic E-state index is 13.5. The van der Waals surface area contributed by atoms with E-state index in [4.69, 9.17) is 9.73 Å². The van der Waals surface area contributed by atoms with Crippen LogP contribution in [0.3, 0.4) is 0 Å². The number of carbonyl (C=O) groups excluding carboxylic acids is 2. The van der Waals surface area contributed by atoms with E-state index in [1.54, 1.807) is 0 Å². The molecule has 3 aliphatic rings. The van der Waals surface area contributed by atoms with Crippen molar-refractivity contribution in [1.82, 2.24) is 9.80 Å². The predicted octanol–water partition coefficient (Wildman–Crippen LogP) is 5.42. The number of ether oxygens (including phenoxy) is 1. The number of allylic oxidation sites excluding steroid dienone is 1. The van der Waals surface area contributed by atoms with Crippen LogP contribution in [0.15, 0.2) is 69.8 Å². The first-order valence-electron chi connectivity index (χ1n) is 12.4. The molecule has 0 aromatic heterocycles. The van der Waals surface area contributed by atoms with Crippen LogP contribution in [0, 0.1) is 13.8 Å². The van der Waals surface area contributed by atoms with Gasteiger partial charge in [-0.2, -0.15) is 0 Å². The lowest BCUT2D eigenvalue weighted by atomic mass is 9.89. The van der Waals surface area contributed by atoms with Gasteiger partial charge in [0.2, 0.25) is 5.91 Å². The van der Waals surface area contributed by atoms with Gasteiger partial charge in [-0.05, 0) is 54.4 Å². The van der Waals surface area contributed by atoms with Gasteiger partial charge in [-0.15, -0.1) is 0 Å². The zero-order chi connectivity index (χ0) is 25.4. The van der Waals surface area contributed by atoms with Crippen LogP contribution >= 0.6 is 11.8 Å². The number of nitrogens with zero attached hydrogens (tertiary/aromatic N) is 3. The van der Waals surface area contributed by atoms with Crippen molar-refractivity contribution in [3.05, 3.63) is 92.7 Å². The molecule has 36 heavy (non-hydrogen) atoms. The summed E-state index contributed by atoms with van der Waals surface area (Å²) in [7, 11) is 1.41. The van der Waals surface area contributed by atoms with Gasteiger partial charge in [-0.3, -0.25) is 4.79 Å². The third kappa shape index (κ3) is 4.37. The summed E-state index contributed by atoms with van der Waals surface area (Å²) in [6.45, 7) is 7.46. The maximum absolute atomic E-state index is 13.5. The molecule has 7 heteroatoms. The number of benzene rings is 2. The summed E-state index contributed by atoms with van der Waals surface area (Å²) >= 11 is 1.52. The molecule has 3 aliphatic heterocycles. The monoisotopic (exact) mass is 501 g/mol. The minimum absolute atomic E-state index is 0.0854. The zero-order valence-electron chi connectivity index (χ0n) is 21.2. The quantitative estimate of drug-likeness (QED) is 0.512. The fourth-order valence-corrected chi connectivity index (χ4v) is 6.17. The molecule has 3 heterocycles. The van der Waals surface area contributed by atoms with Crippen molar-refractivity contribution < 1.29 is 14.3 Å². The highest BCUT2D eigenvalue weighted by Crippen LogP contribution is 2.46. The van der Waals surface area contributed by atoms with Crippen molar-refractivity contribution in [2.75, 3.05) is 13.7 Å². The zero-order valence-corrected chi connectivity index (χ0v) is 22.0. The molecule has 0 saturated carbocycles. The van der Waals surface area contributed by atoms with Gasteiger partial charge < -0.3 is 14.5 Å². The largest absolute Gasteiger partial charge is 0.466 e. The number of hydrogen-bond donors (Lipinski definition) is 0. The Balaban J connectivity index is 1.49. The smallest absolute Gasteiger partial charge is 0.338 e. The Bertz CT molecular complexity index is 1330. The second-order valence-electron chi connectivity index (χ2n) is 9.47. The summed E-state index contributed by atoms with van der Waals surface area (Å²) in [5, 5.41) is 2.82. The van der Waals surface area contributed by atoms with Gasteiger partial charge >= 0.3 is 5.97 Å². The number of esters is 1. The van der Waals surface area contributed by atoms with Crippen molar-refractivity contribution in [2.45, 2.75) is 52.6 Å². The van der Waals surface area contributed by atoms with E-state index >= 15 is 0 Å². The van der Waals surface area contributed by atoms with Crippen molar-refractivity contribution in [2.24, 2.45) is 4.99 Å². The van der Waals surface area contributed by atoms with E-state index < -0.39 is 6.04 Å². The number of aryl methyl sites for hydroxylation is 2. The van der Waals surface area contributed by atoms with Gasteiger partial charge in [-0.1, -0.05) is 66.7 Å². The molecule has 0 N–H and O–H groups in total. The third-order valence-corrected chi connectivity index (χ3v) is 8.06. The fraction of sp³-hybridized carbons (Fsp3) is 0.345. The summed E-state index contributed by atoms with van der Waals surface area (Å²) in [4.78, 5) is 35.5. The molecule has 0 radical (unpaired) electrons. The Kier molecular flexibility index (Phi) is 6.75. The Hall–Kier alpha value is -3.32. The number of hydrogen-bond acceptors (Lipinski definition) is 6. The third-order valence-electron chi connectivity index (χ3n) is 7.17. The molecular weight excluding hydrogens is 470 g/mol. The first kappa shape index (κ1) is 24.4. The first-order valence-corrected chi connectivity index (χ1v) is 13.3. The highest BCUT2D eigenvalue weighted by molar-refractivity contribution is 8.16. The maximum Gasteiger partial charge on any atom is 0.338 e. The molecule has 186 valence electrons. The summed E-state index contributed by atoms with van der Waals surface area (Å²) < 4.78 is 5.24. The molecule has 0 spiro atoms. The average molecular weight is 502 g/mol. The molecule has 1 unspecified atom stereocenters. The summed E-state index contributed by atoms with van der Waals surface area (Å²) in [6, 6.07) is 14.2. The van der Waals surface area contributed by atoms with Gasteiger partial charge in [0.05, 0.1) is 30.8 Å². The van der Waals surface area contributed by atoms with E-state index in [0.717, 1.165) is 39.7 Å². The highest BCUT2D eigenvalue weighted by atomic mass is 32.2. The topological polar surface area (TPSA) is 62.2 Å². The lowest BCUT2D eigenvalue weighted by molar-refractivity contribution is -0.136. The van der Waals surface area contributed by atoms with Crippen LogP contribution in [-0.4, -0.2) is 40.5 Å². The van der Waals surface area contributed by atoms with Gasteiger partial charge in [0.25, 0.3) is 0 Å². The van der Waals surface area contributed by atoms with Crippen LogP contribution < -0.4 is 0 Å². The van der Waals surface area contributed by atoms with Crippen LogP contribution in [0.1, 0.15) is 53.6 Å². The number of thioether (sulfide) groups is 1. The number of amides is 1. The first-order chi connectivity index (χ1) is 17.4. The number of carbonyl (C=O) groups is 2. The normalized spacial score (nSPS) is 18.9. The molecule has 1 atom stereocenters. The van der Waals surface area contributed by atoms with Gasteiger partial charge in [0, 0.05) is 18.8 Å². The number of aliphatic imine (C=N–C) groups is 1. The minimum atomic E-state index is -0.393. The molecule has 0 aliphatic carbocycles. The number of fused-ring (bicyclic) bond motifs is 2. The molecule has 5 rings (SSSR count). The second kappa shape index (κ2) is 9.97. The molecule has 2 aromatic rings. The molecule has 0 saturated heterocycles. The minimum Gasteiger partial charge on any atom is -0.466 e. The molecule has 0 fully saturated rings.